The zero-order valence-electron chi connectivity index (χ0n) is 15.8. The molecule has 1 aromatic heterocycles. The molecular weight excluding hydrogens is 406 g/mol. The van der Waals surface area contributed by atoms with Crippen molar-refractivity contribution in [3.05, 3.63) is 54.4 Å². The van der Waals surface area contributed by atoms with Crippen LogP contribution in [0, 0.1) is 0 Å². The van der Waals surface area contributed by atoms with Gasteiger partial charge in [-0.2, -0.15) is 0 Å². The van der Waals surface area contributed by atoms with E-state index in [2.05, 4.69) is 9.71 Å². The van der Waals surface area contributed by atoms with E-state index < -0.39 is 21.5 Å². The number of hydrogen-bond acceptors (Lipinski definition) is 6. The van der Waals surface area contributed by atoms with Gasteiger partial charge in [-0.3, -0.25) is 4.72 Å². The van der Waals surface area contributed by atoms with E-state index in [0.717, 1.165) is 12.1 Å². The van der Waals surface area contributed by atoms with Gasteiger partial charge in [-0.15, -0.1) is 0 Å². The molecule has 1 N–H and O–H groups in total. The molecule has 0 unspecified atom stereocenters. The van der Waals surface area contributed by atoms with Crippen LogP contribution in [0.15, 0.2) is 58.2 Å². The number of halogens is 2. The Balaban J connectivity index is 2.09. The summed E-state index contributed by atoms with van der Waals surface area (Å²) in [6.45, 7) is 0.696. The summed E-state index contributed by atoms with van der Waals surface area (Å²) in [6.07, 6.45) is 2.73. The summed E-state index contributed by atoms with van der Waals surface area (Å²) in [4.78, 5) is 3.72. The van der Waals surface area contributed by atoms with Gasteiger partial charge in [0.05, 0.1) is 36.6 Å². The molecule has 154 valence electrons. The van der Waals surface area contributed by atoms with Gasteiger partial charge in [0.2, 0.25) is 5.89 Å². The first kappa shape index (κ1) is 20.6. The molecule has 1 heterocycles. The van der Waals surface area contributed by atoms with Crippen molar-refractivity contribution >= 4 is 15.7 Å². The van der Waals surface area contributed by atoms with Crippen LogP contribution in [-0.4, -0.2) is 27.6 Å². The normalized spacial score (nSPS) is 11.9. The average molecular weight is 424 g/mol. The Hall–Kier alpha value is -3.14. The van der Waals surface area contributed by atoms with Crippen LogP contribution in [0.2, 0.25) is 0 Å². The molecule has 0 aliphatic rings. The molecule has 0 saturated carbocycles. The lowest BCUT2D eigenvalue weighted by Gasteiger charge is -2.16. The molecule has 2 aromatic carbocycles. The summed E-state index contributed by atoms with van der Waals surface area (Å²) < 4.78 is 71.1. The fourth-order valence-electron chi connectivity index (χ4n) is 2.64. The van der Waals surface area contributed by atoms with Crippen molar-refractivity contribution in [2.24, 2.45) is 0 Å². The molecule has 10 heteroatoms. The van der Waals surface area contributed by atoms with Crippen molar-refractivity contribution in [1.82, 2.24) is 4.98 Å². The van der Waals surface area contributed by atoms with Crippen molar-refractivity contribution in [1.29, 1.82) is 0 Å². The van der Waals surface area contributed by atoms with Crippen LogP contribution in [0.1, 0.15) is 12.5 Å². The Labute approximate surface area is 166 Å². The predicted octanol–water partition coefficient (Wildman–Crippen LogP) is 4.27. The molecule has 0 aliphatic heterocycles. The van der Waals surface area contributed by atoms with Crippen LogP contribution < -0.4 is 14.2 Å². The smallest absolute Gasteiger partial charge is 0.270 e. The standard InChI is InChI=1S/C19H18F2N2O5S/c1-19(20,21)12-5-4-6-13(9-12)29(24,25)23-15-11-17(27-3)16(26-2)10-14(15)18-22-7-8-28-18/h4-11,23H,1-3H3. The molecular formula is C19H18F2N2O5S. The van der Waals surface area contributed by atoms with Gasteiger partial charge in [0, 0.05) is 18.6 Å². The third-order valence-electron chi connectivity index (χ3n) is 4.08. The molecule has 29 heavy (non-hydrogen) atoms. The van der Waals surface area contributed by atoms with Gasteiger partial charge in [-0.25, -0.2) is 22.2 Å². The van der Waals surface area contributed by atoms with Crippen LogP contribution in [0.4, 0.5) is 14.5 Å². The quantitative estimate of drug-likeness (QED) is 0.609. The van der Waals surface area contributed by atoms with E-state index in [1.54, 1.807) is 0 Å². The maximum Gasteiger partial charge on any atom is 0.270 e. The van der Waals surface area contributed by atoms with E-state index in [1.807, 2.05) is 0 Å². The molecule has 7 nitrogen and oxygen atoms in total. The second kappa shape index (κ2) is 7.70. The summed E-state index contributed by atoms with van der Waals surface area (Å²) in [7, 11) is -1.38. The van der Waals surface area contributed by atoms with E-state index >= 15 is 0 Å². The van der Waals surface area contributed by atoms with E-state index in [-0.39, 0.29) is 27.8 Å². The predicted molar refractivity (Wildman–Crippen MR) is 102 cm³/mol. The Morgan fingerprint density at radius 1 is 1.10 bits per heavy atom. The number of nitrogens with one attached hydrogen (secondary N) is 1. The molecule has 0 atom stereocenters. The second-order valence-electron chi connectivity index (χ2n) is 6.11. The third kappa shape index (κ3) is 4.32. The molecule has 3 aromatic rings. The molecule has 0 saturated heterocycles. The second-order valence-corrected chi connectivity index (χ2v) is 7.79. The highest BCUT2D eigenvalue weighted by atomic mass is 32.2. The molecule has 0 spiro atoms. The minimum Gasteiger partial charge on any atom is -0.493 e. The van der Waals surface area contributed by atoms with Crippen molar-refractivity contribution in [3.8, 4) is 23.0 Å². The zero-order valence-corrected chi connectivity index (χ0v) is 16.6. The lowest BCUT2D eigenvalue weighted by Crippen LogP contribution is -2.15. The largest absolute Gasteiger partial charge is 0.493 e. The number of nitrogens with zero attached hydrogens (tertiary/aromatic N) is 1. The maximum atomic E-state index is 13.6. The van der Waals surface area contributed by atoms with Crippen LogP contribution >= 0.6 is 0 Å². The van der Waals surface area contributed by atoms with Crippen LogP contribution in [0.25, 0.3) is 11.5 Å². The minimum absolute atomic E-state index is 0.0822. The van der Waals surface area contributed by atoms with Gasteiger partial charge < -0.3 is 13.9 Å². The lowest BCUT2D eigenvalue weighted by atomic mass is 10.1. The number of ether oxygens (including phenoxy) is 2. The summed E-state index contributed by atoms with van der Waals surface area (Å²) in [5.74, 6) is -2.46. The molecule has 0 bridgehead atoms. The lowest BCUT2D eigenvalue weighted by molar-refractivity contribution is 0.0172. The van der Waals surface area contributed by atoms with E-state index in [1.165, 1.54) is 50.9 Å². The topological polar surface area (TPSA) is 90.7 Å². The first-order chi connectivity index (χ1) is 13.7. The monoisotopic (exact) mass is 424 g/mol. The van der Waals surface area contributed by atoms with Crippen molar-refractivity contribution in [3.63, 3.8) is 0 Å². The summed E-state index contributed by atoms with van der Waals surface area (Å²) >= 11 is 0. The van der Waals surface area contributed by atoms with Crippen LogP contribution in [0.5, 0.6) is 11.5 Å². The van der Waals surface area contributed by atoms with Crippen molar-refractivity contribution in [2.45, 2.75) is 17.7 Å². The highest BCUT2D eigenvalue weighted by Gasteiger charge is 2.27. The Bertz CT molecular complexity index is 1110. The fraction of sp³-hybridized carbons (Fsp3) is 0.211. The first-order valence-electron chi connectivity index (χ1n) is 8.33. The summed E-state index contributed by atoms with van der Waals surface area (Å²) in [5, 5.41) is 0. The molecule has 3 rings (SSSR count). The van der Waals surface area contributed by atoms with Gasteiger partial charge in [0.15, 0.2) is 11.5 Å². The minimum atomic E-state index is -4.20. The van der Waals surface area contributed by atoms with Gasteiger partial charge in [0.25, 0.3) is 15.9 Å². The van der Waals surface area contributed by atoms with E-state index in [0.29, 0.717) is 12.7 Å². The number of alkyl halides is 2. The number of aromatic nitrogens is 1. The Morgan fingerprint density at radius 2 is 1.79 bits per heavy atom. The number of rotatable bonds is 7. The molecule has 0 fully saturated rings. The maximum absolute atomic E-state index is 13.6. The van der Waals surface area contributed by atoms with Gasteiger partial charge >= 0.3 is 0 Å². The van der Waals surface area contributed by atoms with Crippen LogP contribution in [-0.2, 0) is 15.9 Å². The number of methoxy groups -OCH3 is 2. The zero-order chi connectivity index (χ0) is 21.2. The van der Waals surface area contributed by atoms with Gasteiger partial charge in [-0.05, 0) is 18.2 Å². The van der Waals surface area contributed by atoms with E-state index in [4.69, 9.17) is 13.9 Å². The van der Waals surface area contributed by atoms with Gasteiger partial charge in [-0.1, -0.05) is 12.1 Å². The fourth-order valence-corrected chi connectivity index (χ4v) is 3.75. The molecule has 0 amide bonds. The SMILES string of the molecule is COc1cc(NS(=O)(=O)c2cccc(C(C)(F)F)c2)c(-c2ncco2)cc1OC. The first-order valence-corrected chi connectivity index (χ1v) is 9.81. The molecule has 0 aliphatic carbocycles. The van der Waals surface area contributed by atoms with Crippen LogP contribution in [0.3, 0.4) is 0 Å². The number of hydrogen-bond donors (Lipinski definition) is 1. The Morgan fingerprint density at radius 3 is 2.38 bits per heavy atom. The van der Waals surface area contributed by atoms with E-state index in [9.17, 15) is 17.2 Å². The number of oxazole rings is 1. The number of benzene rings is 2. The summed E-state index contributed by atoms with van der Waals surface area (Å²) in [6, 6.07) is 7.46. The van der Waals surface area contributed by atoms with Crippen molar-refractivity contribution in [2.75, 3.05) is 18.9 Å². The highest BCUT2D eigenvalue weighted by molar-refractivity contribution is 7.92. The number of sulfonamides is 1. The number of anilines is 1. The Kier molecular flexibility index (Phi) is 5.47. The third-order valence-corrected chi connectivity index (χ3v) is 5.45. The summed E-state index contributed by atoms with van der Waals surface area (Å²) in [5.41, 5.74) is -0.0485. The molecule has 0 radical (unpaired) electrons. The van der Waals surface area contributed by atoms with Gasteiger partial charge in [0.1, 0.15) is 6.26 Å². The average Bonchev–Trinajstić information content (AvgIpc) is 3.21. The van der Waals surface area contributed by atoms with Crippen molar-refractivity contribution < 1.29 is 31.1 Å². The highest BCUT2D eigenvalue weighted by Crippen LogP contribution is 2.39.